The number of nitro groups is 1. The van der Waals surface area contributed by atoms with Crippen LogP contribution in [0.4, 0.5) is 24.7 Å². The number of alkyl halides is 3. The Morgan fingerprint density at radius 3 is 2.39 bits per heavy atom. The number of rotatable bonds is 4. The highest BCUT2D eigenvalue weighted by atomic mass is 19.4. The van der Waals surface area contributed by atoms with Gasteiger partial charge in [0.05, 0.1) is 16.2 Å². The van der Waals surface area contributed by atoms with Crippen molar-refractivity contribution in [2.45, 2.75) is 13.1 Å². The summed E-state index contributed by atoms with van der Waals surface area (Å²) in [6.07, 6.45) is -3.84. The maximum absolute atomic E-state index is 12.7. The minimum Gasteiger partial charge on any atom is -0.306 e. The van der Waals surface area contributed by atoms with E-state index >= 15 is 0 Å². The zero-order valence-corrected chi connectivity index (χ0v) is 14.3. The third-order valence-corrected chi connectivity index (χ3v) is 3.71. The van der Waals surface area contributed by atoms with Crippen molar-refractivity contribution in [1.29, 1.82) is 0 Å². The molecule has 0 unspecified atom stereocenters. The quantitative estimate of drug-likeness (QED) is 0.539. The second-order valence-electron chi connectivity index (χ2n) is 5.74. The Morgan fingerprint density at radius 1 is 1.18 bits per heavy atom. The molecular weight excluding hydrogens is 379 g/mol. The lowest BCUT2D eigenvalue weighted by atomic mass is 10.2. The number of anilines is 1. The number of pyridine rings is 1. The molecule has 0 spiro atoms. The molecule has 3 rings (SSSR count). The largest absolute Gasteiger partial charge is 0.417 e. The van der Waals surface area contributed by atoms with E-state index in [1.807, 2.05) is 0 Å². The summed E-state index contributed by atoms with van der Waals surface area (Å²) >= 11 is 0. The molecule has 1 amide bonds. The van der Waals surface area contributed by atoms with Crippen LogP contribution in [0, 0.1) is 17.0 Å². The van der Waals surface area contributed by atoms with Crippen molar-refractivity contribution >= 4 is 17.4 Å². The van der Waals surface area contributed by atoms with Gasteiger partial charge in [-0.05, 0) is 31.2 Å². The number of nitrogens with zero attached hydrogens (tertiary/aromatic N) is 4. The highest BCUT2D eigenvalue weighted by molar-refractivity contribution is 6.04. The fourth-order valence-electron chi connectivity index (χ4n) is 2.37. The first kappa shape index (κ1) is 19.0. The smallest absolute Gasteiger partial charge is 0.306 e. The molecule has 3 aromatic rings. The summed E-state index contributed by atoms with van der Waals surface area (Å²) in [6.45, 7) is 1.64. The zero-order chi connectivity index (χ0) is 20.5. The third kappa shape index (κ3) is 3.98. The highest BCUT2D eigenvalue weighted by Crippen LogP contribution is 2.29. The van der Waals surface area contributed by atoms with Gasteiger partial charge < -0.3 is 5.32 Å². The van der Waals surface area contributed by atoms with Gasteiger partial charge in [0.25, 0.3) is 11.6 Å². The maximum Gasteiger partial charge on any atom is 0.417 e. The van der Waals surface area contributed by atoms with E-state index < -0.39 is 22.6 Å². The van der Waals surface area contributed by atoms with E-state index in [-0.39, 0.29) is 22.9 Å². The van der Waals surface area contributed by atoms with Crippen LogP contribution < -0.4 is 5.32 Å². The number of carbonyl (C=O) groups excluding carboxylic acids is 1. The first-order valence-corrected chi connectivity index (χ1v) is 7.81. The van der Waals surface area contributed by atoms with Gasteiger partial charge in [0.15, 0.2) is 5.82 Å². The molecule has 0 atom stereocenters. The van der Waals surface area contributed by atoms with Gasteiger partial charge in [-0.25, -0.2) is 4.98 Å². The predicted molar refractivity (Wildman–Crippen MR) is 92.1 cm³/mol. The average Bonchev–Trinajstić information content (AvgIpc) is 3.01. The van der Waals surface area contributed by atoms with E-state index in [0.717, 1.165) is 12.1 Å². The molecule has 11 heteroatoms. The average molecular weight is 391 g/mol. The first-order valence-electron chi connectivity index (χ1n) is 7.81. The molecular formula is C17H12F3N5O3. The van der Waals surface area contributed by atoms with Crippen molar-refractivity contribution in [3.63, 3.8) is 0 Å². The number of hydrogen-bond acceptors (Lipinski definition) is 5. The van der Waals surface area contributed by atoms with Gasteiger partial charge in [0.1, 0.15) is 5.82 Å². The van der Waals surface area contributed by atoms with Gasteiger partial charge in [-0.3, -0.25) is 14.9 Å². The summed E-state index contributed by atoms with van der Waals surface area (Å²) in [4.78, 5) is 26.2. The van der Waals surface area contributed by atoms with Crippen molar-refractivity contribution in [2.24, 2.45) is 0 Å². The van der Waals surface area contributed by atoms with Crippen molar-refractivity contribution < 1.29 is 22.9 Å². The molecule has 2 heterocycles. The van der Waals surface area contributed by atoms with Crippen LogP contribution in [-0.4, -0.2) is 25.6 Å². The lowest BCUT2D eigenvalue weighted by molar-refractivity contribution is -0.384. The Labute approximate surface area is 155 Å². The fourth-order valence-corrected chi connectivity index (χ4v) is 2.37. The van der Waals surface area contributed by atoms with Gasteiger partial charge in [-0.15, -0.1) is 0 Å². The molecule has 0 saturated carbocycles. The lowest BCUT2D eigenvalue weighted by Crippen LogP contribution is -2.16. The number of aromatic nitrogens is 3. The Bertz CT molecular complexity index is 1030. The normalized spacial score (nSPS) is 11.3. The van der Waals surface area contributed by atoms with E-state index in [4.69, 9.17) is 0 Å². The summed E-state index contributed by atoms with van der Waals surface area (Å²) in [5.74, 6) is -0.295. The molecule has 0 fully saturated rings. The third-order valence-electron chi connectivity index (χ3n) is 3.71. The van der Waals surface area contributed by atoms with E-state index in [0.29, 0.717) is 11.9 Å². The van der Waals surface area contributed by atoms with E-state index in [2.05, 4.69) is 15.4 Å². The van der Waals surface area contributed by atoms with Crippen molar-refractivity contribution in [2.75, 3.05) is 5.32 Å². The molecule has 2 aromatic heterocycles. The van der Waals surface area contributed by atoms with Crippen LogP contribution in [0.25, 0.3) is 5.82 Å². The van der Waals surface area contributed by atoms with Gasteiger partial charge in [-0.2, -0.15) is 23.0 Å². The molecule has 28 heavy (non-hydrogen) atoms. The molecule has 1 aromatic carbocycles. The topological polar surface area (TPSA) is 103 Å². The van der Waals surface area contributed by atoms with Gasteiger partial charge in [0, 0.05) is 30.0 Å². The van der Waals surface area contributed by atoms with Crippen molar-refractivity contribution in [1.82, 2.24) is 14.8 Å². The number of nitro benzene ring substituents is 1. The number of non-ortho nitro benzene ring substituents is 1. The summed E-state index contributed by atoms with van der Waals surface area (Å²) < 4.78 is 39.2. The first-order chi connectivity index (χ1) is 13.1. The predicted octanol–water partition coefficient (Wildman–Crippen LogP) is 3.76. The maximum atomic E-state index is 12.7. The van der Waals surface area contributed by atoms with Crippen LogP contribution >= 0.6 is 0 Å². The van der Waals surface area contributed by atoms with Crippen molar-refractivity contribution in [3.8, 4) is 5.82 Å². The molecule has 144 valence electrons. The van der Waals surface area contributed by atoms with Gasteiger partial charge in [-0.1, -0.05) is 0 Å². The second kappa shape index (κ2) is 7.10. The molecule has 0 aliphatic rings. The Kier molecular flexibility index (Phi) is 4.82. The monoisotopic (exact) mass is 391 g/mol. The number of amides is 1. The number of halogens is 3. The van der Waals surface area contributed by atoms with Crippen LogP contribution in [0.5, 0.6) is 0 Å². The van der Waals surface area contributed by atoms with E-state index in [9.17, 15) is 28.1 Å². The minimum atomic E-state index is -4.52. The number of aryl methyl sites for hydroxylation is 1. The number of nitrogens with one attached hydrogen (secondary N) is 1. The van der Waals surface area contributed by atoms with Crippen LogP contribution in [0.3, 0.4) is 0 Å². The summed E-state index contributed by atoms with van der Waals surface area (Å²) in [5, 5.41) is 17.4. The molecule has 0 bridgehead atoms. The van der Waals surface area contributed by atoms with Crippen LogP contribution in [-0.2, 0) is 6.18 Å². The van der Waals surface area contributed by atoms with E-state index in [1.54, 1.807) is 6.92 Å². The van der Waals surface area contributed by atoms with Gasteiger partial charge >= 0.3 is 6.18 Å². The molecule has 0 saturated heterocycles. The highest BCUT2D eigenvalue weighted by Gasteiger charge is 2.30. The molecule has 0 radical (unpaired) electrons. The number of benzene rings is 1. The molecule has 0 aliphatic carbocycles. The zero-order valence-electron chi connectivity index (χ0n) is 14.3. The van der Waals surface area contributed by atoms with E-state index in [1.165, 1.54) is 35.0 Å². The Hall–Kier alpha value is -3.76. The van der Waals surface area contributed by atoms with Gasteiger partial charge in [0.2, 0.25) is 0 Å². The standard InChI is InChI=1S/C17H12F3N5O3/c1-10-8-15(22-16(26)11-2-5-13(6-3-11)25(27)28)24(23-10)14-7-4-12(9-21-14)17(18,19)20/h2-9H,1H3,(H,22,26). The molecule has 0 aliphatic heterocycles. The minimum absolute atomic E-state index is 0.0834. The van der Waals surface area contributed by atoms with Crippen LogP contribution in [0.2, 0.25) is 0 Å². The lowest BCUT2D eigenvalue weighted by Gasteiger charge is -2.10. The van der Waals surface area contributed by atoms with Crippen LogP contribution in [0.1, 0.15) is 21.6 Å². The van der Waals surface area contributed by atoms with Crippen LogP contribution in [0.15, 0.2) is 48.7 Å². The Balaban J connectivity index is 1.86. The molecule has 1 N–H and O–H groups in total. The summed E-state index contributed by atoms with van der Waals surface area (Å²) in [6, 6.07) is 8.47. The fraction of sp³-hybridized carbons (Fsp3) is 0.118. The second-order valence-corrected chi connectivity index (χ2v) is 5.74. The summed E-state index contributed by atoms with van der Waals surface area (Å²) in [7, 11) is 0. The number of hydrogen-bond donors (Lipinski definition) is 1. The van der Waals surface area contributed by atoms with Crippen molar-refractivity contribution in [3.05, 3.63) is 75.6 Å². The summed E-state index contributed by atoms with van der Waals surface area (Å²) in [5.41, 5.74) is -0.403. The SMILES string of the molecule is Cc1cc(NC(=O)c2ccc([N+](=O)[O-])cc2)n(-c2ccc(C(F)(F)F)cn2)n1. The number of carbonyl (C=O) groups is 1. The molecule has 8 nitrogen and oxygen atoms in total. The Morgan fingerprint density at radius 2 is 1.86 bits per heavy atom.